The van der Waals surface area contributed by atoms with Crippen LogP contribution in [0.25, 0.3) is 0 Å². The number of unbranched alkanes of at least 4 members (excludes halogenated alkanes) is 1. The van der Waals surface area contributed by atoms with E-state index < -0.39 is 0 Å². The number of pyridine rings is 1. The number of anilines is 1. The summed E-state index contributed by atoms with van der Waals surface area (Å²) >= 11 is 0. The minimum Gasteiger partial charge on any atom is -0.395 e. The van der Waals surface area contributed by atoms with Crippen LogP contribution in [0.5, 0.6) is 0 Å². The summed E-state index contributed by atoms with van der Waals surface area (Å²) in [4.78, 5) is 6.63. The van der Waals surface area contributed by atoms with Crippen LogP contribution in [0.4, 0.5) is 5.82 Å². The highest BCUT2D eigenvalue weighted by atomic mass is 16.3. The number of nitrogens with zero attached hydrogens (tertiary/aromatic N) is 2. The van der Waals surface area contributed by atoms with Gasteiger partial charge in [-0.15, -0.1) is 0 Å². The minimum atomic E-state index is 0.167. The Morgan fingerprint density at radius 2 is 2.17 bits per heavy atom. The topological polar surface area (TPSA) is 48.4 Å². The van der Waals surface area contributed by atoms with Crippen LogP contribution in [-0.2, 0) is 0 Å². The zero-order valence-corrected chi connectivity index (χ0v) is 11.7. The quantitative estimate of drug-likeness (QED) is 0.741. The van der Waals surface area contributed by atoms with Gasteiger partial charge in [0.1, 0.15) is 5.82 Å². The van der Waals surface area contributed by atoms with Crippen molar-refractivity contribution in [2.24, 2.45) is 0 Å². The van der Waals surface area contributed by atoms with Gasteiger partial charge in [-0.1, -0.05) is 19.4 Å². The number of nitrogens with one attached hydrogen (secondary N) is 1. The zero-order chi connectivity index (χ0) is 13.4. The number of aliphatic hydroxyl groups is 1. The summed E-state index contributed by atoms with van der Waals surface area (Å²) in [5, 5.41) is 12.3. The van der Waals surface area contributed by atoms with E-state index in [1.165, 1.54) is 5.56 Å². The van der Waals surface area contributed by atoms with Crippen molar-refractivity contribution in [1.82, 2.24) is 10.3 Å². The Kier molecular flexibility index (Phi) is 6.68. The molecule has 1 aromatic heterocycles. The summed E-state index contributed by atoms with van der Waals surface area (Å²) in [7, 11) is 1.94. The first kappa shape index (κ1) is 14.9. The fourth-order valence-corrected chi connectivity index (χ4v) is 1.82. The van der Waals surface area contributed by atoms with E-state index in [1.807, 2.05) is 19.3 Å². The second kappa shape index (κ2) is 8.06. The average molecular weight is 251 g/mol. The molecule has 0 aliphatic heterocycles. The summed E-state index contributed by atoms with van der Waals surface area (Å²) in [6, 6.07) is 4.45. The third-order valence-corrected chi connectivity index (χ3v) is 3.18. The molecule has 18 heavy (non-hydrogen) atoms. The molecule has 0 aliphatic carbocycles. The number of aromatic nitrogens is 1. The van der Waals surface area contributed by atoms with Crippen LogP contribution in [0.3, 0.4) is 0 Å². The molecule has 0 spiro atoms. The van der Waals surface area contributed by atoms with Gasteiger partial charge in [0.25, 0.3) is 0 Å². The third kappa shape index (κ3) is 4.27. The summed E-state index contributed by atoms with van der Waals surface area (Å²) < 4.78 is 0. The molecular formula is C14H25N3O. The minimum absolute atomic E-state index is 0.167. The van der Waals surface area contributed by atoms with E-state index in [1.54, 1.807) is 0 Å². The second-order valence-electron chi connectivity index (χ2n) is 4.52. The first-order chi connectivity index (χ1) is 8.72. The lowest BCUT2D eigenvalue weighted by Gasteiger charge is -2.23. The summed E-state index contributed by atoms with van der Waals surface area (Å²) in [6.07, 6.45) is 4.18. The van der Waals surface area contributed by atoms with E-state index in [4.69, 9.17) is 5.11 Å². The maximum absolute atomic E-state index is 9.10. The molecule has 1 aromatic rings. The summed E-state index contributed by atoms with van der Waals surface area (Å²) in [5.74, 6) is 0.949. The van der Waals surface area contributed by atoms with Crippen LogP contribution in [0.1, 0.15) is 38.3 Å². The molecule has 102 valence electrons. The van der Waals surface area contributed by atoms with E-state index in [0.717, 1.165) is 25.2 Å². The van der Waals surface area contributed by atoms with Gasteiger partial charge in [-0.25, -0.2) is 4.98 Å². The number of aliphatic hydroxyl groups excluding tert-OH is 1. The smallest absolute Gasteiger partial charge is 0.128 e. The van der Waals surface area contributed by atoms with Gasteiger partial charge in [-0.3, -0.25) is 0 Å². The molecule has 0 aliphatic rings. The average Bonchev–Trinajstić information content (AvgIpc) is 2.43. The highest BCUT2D eigenvalue weighted by Gasteiger charge is 2.08. The maximum atomic E-state index is 9.10. The molecule has 4 heteroatoms. The van der Waals surface area contributed by atoms with E-state index >= 15 is 0 Å². The van der Waals surface area contributed by atoms with Crippen molar-refractivity contribution in [1.29, 1.82) is 0 Å². The molecule has 0 saturated carbocycles. The maximum Gasteiger partial charge on any atom is 0.128 e. The number of rotatable bonds is 8. The van der Waals surface area contributed by atoms with Gasteiger partial charge in [0.15, 0.2) is 0 Å². The van der Waals surface area contributed by atoms with Crippen LogP contribution >= 0.6 is 0 Å². The Morgan fingerprint density at radius 1 is 1.39 bits per heavy atom. The van der Waals surface area contributed by atoms with Crippen molar-refractivity contribution in [3.8, 4) is 0 Å². The molecule has 0 radical (unpaired) electrons. The first-order valence-corrected chi connectivity index (χ1v) is 6.72. The molecule has 0 amide bonds. The normalized spacial score (nSPS) is 12.4. The van der Waals surface area contributed by atoms with Gasteiger partial charge in [-0.05, 0) is 32.0 Å². The van der Waals surface area contributed by atoms with Crippen molar-refractivity contribution in [2.75, 3.05) is 31.6 Å². The standard InChI is InChI=1S/C14H25N3O/c1-4-5-8-17(9-10-18)14-7-6-13(11-16-14)12(2)15-3/h6-7,11-12,15,18H,4-5,8-10H2,1-3H3. The highest BCUT2D eigenvalue weighted by Crippen LogP contribution is 2.16. The predicted molar refractivity (Wildman–Crippen MR) is 75.9 cm³/mol. The molecular weight excluding hydrogens is 226 g/mol. The lowest BCUT2D eigenvalue weighted by atomic mass is 10.1. The third-order valence-electron chi connectivity index (χ3n) is 3.18. The largest absolute Gasteiger partial charge is 0.395 e. The monoisotopic (exact) mass is 251 g/mol. The van der Waals surface area contributed by atoms with Crippen LogP contribution in [0, 0.1) is 0 Å². The SMILES string of the molecule is CCCCN(CCO)c1ccc(C(C)NC)cn1. The molecule has 1 unspecified atom stereocenters. The number of hydrogen-bond donors (Lipinski definition) is 2. The second-order valence-corrected chi connectivity index (χ2v) is 4.52. The highest BCUT2D eigenvalue weighted by molar-refractivity contribution is 5.39. The van der Waals surface area contributed by atoms with E-state index in [9.17, 15) is 0 Å². The van der Waals surface area contributed by atoms with Crippen molar-refractivity contribution in [3.63, 3.8) is 0 Å². The lowest BCUT2D eigenvalue weighted by Crippen LogP contribution is -2.28. The summed E-state index contributed by atoms with van der Waals surface area (Å²) in [6.45, 7) is 6.04. The Morgan fingerprint density at radius 3 is 2.67 bits per heavy atom. The first-order valence-electron chi connectivity index (χ1n) is 6.72. The van der Waals surface area contributed by atoms with Gasteiger partial charge in [-0.2, -0.15) is 0 Å². The van der Waals surface area contributed by atoms with E-state index in [0.29, 0.717) is 12.6 Å². The number of hydrogen-bond acceptors (Lipinski definition) is 4. The molecule has 4 nitrogen and oxygen atoms in total. The van der Waals surface area contributed by atoms with E-state index in [-0.39, 0.29) is 6.61 Å². The van der Waals surface area contributed by atoms with Gasteiger partial charge >= 0.3 is 0 Å². The fourth-order valence-electron chi connectivity index (χ4n) is 1.82. The van der Waals surface area contributed by atoms with Crippen molar-refractivity contribution in [3.05, 3.63) is 23.9 Å². The van der Waals surface area contributed by atoms with Crippen LogP contribution in [-0.4, -0.2) is 36.8 Å². The van der Waals surface area contributed by atoms with Crippen molar-refractivity contribution < 1.29 is 5.11 Å². The Bertz CT molecular complexity index is 326. The van der Waals surface area contributed by atoms with Crippen molar-refractivity contribution >= 4 is 5.82 Å². The zero-order valence-electron chi connectivity index (χ0n) is 11.7. The van der Waals surface area contributed by atoms with Crippen LogP contribution < -0.4 is 10.2 Å². The molecule has 0 fully saturated rings. The Labute approximate surface area is 110 Å². The predicted octanol–water partition coefficient (Wildman–Crippen LogP) is 1.96. The summed E-state index contributed by atoms with van der Waals surface area (Å²) in [5.41, 5.74) is 1.18. The fraction of sp³-hybridized carbons (Fsp3) is 0.643. The Hall–Kier alpha value is -1.13. The Balaban J connectivity index is 2.73. The lowest BCUT2D eigenvalue weighted by molar-refractivity contribution is 0.301. The van der Waals surface area contributed by atoms with Gasteiger partial charge < -0.3 is 15.3 Å². The van der Waals surface area contributed by atoms with Crippen LogP contribution in [0.2, 0.25) is 0 Å². The molecule has 1 heterocycles. The van der Waals surface area contributed by atoms with Crippen molar-refractivity contribution in [2.45, 2.75) is 32.7 Å². The molecule has 2 N–H and O–H groups in total. The molecule has 0 saturated heterocycles. The molecule has 0 bridgehead atoms. The van der Waals surface area contributed by atoms with Gasteiger partial charge in [0.05, 0.1) is 6.61 Å². The van der Waals surface area contributed by atoms with Gasteiger partial charge in [0.2, 0.25) is 0 Å². The molecule has 0 aromatic carbocycles. The van der Waals surface area contributed by atoms with E-state index in [2.05, 4.69) is 35.1 Å². The molecule has 1 rings (SSSR count). The van der Waals surface area contributed by atoms with Crippen LogP contribution in [0.15, 0.2) is 18.3 Å². The van der Waals surface area contributed by atoms with Gasteiger partial charge in [0, 0.05) is 25.3 Å². The molecule has 1 atom stereocenters.